The van der Waals surface area contributed by atoms with E-state index in [-0.39, 0.29) is 0 Å². The van der Waals surface area contributed by atoms with Gasteiger partial charge in [0.05, 0.1) is 0 Å². The molecule has 0 bridgehead atoms. The average molecular weight is 339 g/mol. The second kappa shape index (κ2) is 21.5. The first kappa shape index (κ1) is 22.5. The number of rotatable bonds is 17. The Morgan fingerprint density at radius 2 is 0.957 bits per heavy atom. The van der Waals surface area contributed by atoms with Gasteiger partial charge in [-0.15, -0.1) is 11.6 Å². The van der Waals surface area contributed by atoms with Gasteiger partial charge in [0.25, 0.3) is 0 Å². The second-order valence-corrected chi connectivity index (χ2v) is 6.69. The van der Waals surface area contributed by atoms with Gasteiger partial charge in [-0.3, -0.25) is 0 Å². The summed E-state index contributed by atoms with van der Waals surface area (Å²) in [5.41, 5.74) is 0. The lowest BCUT2D eigenvalue weighted by molar-refractivity contribution is 0.558. The number of allylic oxidation sites excluding steroid dienone is 6. The summed E-state index contributed by atoms with van der Waals surface area (Å²) in [5.74, 6) is 0.834. The summed E-state index contributed by atoms with van der Waals surface area (Å²) in [4.78, 5) is 0. The Bertz CT molecular complexity index is 288. The van der Waals surface area contributed by atoms with Gasteiger partial charge in [0.2, 0.25) is 0 Å². The van der Waals surface area contributed by atoms with E-state index in [2.05, 4.69) is 43.4 Å². The number of halogens is 1. The highest BCUT2D eigenvalue weighted by Crippen LogP contribution is 2.11. The molecule has 0 aliphatic rings. The van der Waals surface area contributed by atoms with E-state index in [9.17, 15) is 0 Å². The van der Waals surface area contributed by atoms with Gasteiger partial charge < -0.3 is 0 Å². The largest absolute Gasteiger partial charge is 0.127 e. The molecule has 0 N–H and O–H groups in total. The summed E-state index contributed by atoms with van der Waals surface area (Å²) in [6.07, 6.45) is 31.9. The molecule has 0 heterocycles. The van der Waals surface area contributed by atoms with Gasteiger partial charge in [0.15, 0.2) is 0 Å². The number of alkyl halides is 1. The molecule has 0 nitrogen and oxygen atoms in total. The van der Waals surface area contributed by atoms with Crippen LogP contribution >= 0.6 is 11.6 Å². The molecule has 0 aromatic heterocycles. The zero-order chi connectivity index (χ0) is 16.8. The lowest BCUT2D eigenvalue weighted by Crippen LogP contribution is -1.82. The highest BCUT2D eigenvalue weighted by atomic mass is 35.5. The molecule has 0 fully saturated rings. The molecular formula is C22H39Cl. The van der Waals surface area contributed by atoms with Crippen LogP contribution in [0.15, 0.2) is 36.5 Å². The molecule has 23 heavy (non-hydrogen) atoms. The zero-order valence-corrected chi connectivity index (χ0v) is 16.2. The Hall–Kier alpha value is -0.490. The monoisotopic (exact) mass is 338 g/mol. The molecular weight excluding hydrogens is 300 g/mol. The fourth-order valence-electron chi connectivity index (χ4n) is 2.60. The third-order valence-corrected chi connectivity index (χ3v) is 4.30. The lowest BCUT2D eigenvalue weighted by atomic mass is 10.1. The van der Waals surface area contributed by atoms with Gasteiger partial charge in [0, 0.05) is 5.88 Å². The Labute approximate surface area is 151 Å². The van der Waals surface area contributed by atoms with Crippen molar-refractivity contribution in [3.05, 3.63) is 36.5 Å². The summed E-state index contributed by atoms with van der Waals surface area (Å²) in [7, 11) is 0. The Morgan fingerprint density at radius 1 is 0.522 bits per heavy atom. The molecule has 0 saturated carbocycles. The molecule has 0 unspecified atom stereocenters. The molecule has 0 aromatic rings. The summed E-state index contributed by atoms with van der Waals surface area (Å²) in [5, 5.41) is 0. The molecule has 0 radical (unpaired) electrons. The van der Waals surface area contributed by atoms with Crippen LogP contribution in [0, 0.1) is 0 Å². The molecule has 0 aliphatic heterocycles. The van der Waals surface area contributed by atoms with Crippen molar-refractivity contribution in [3.63, 3.8) is 0 Å². The molecule has 1 heteroatoms. The third kappa shape index (κ3) is 21.5. The van der Waals surface area contributed by atoms with Crippen molar-refractivity contribution in [3.8, 4) is 0 Å². The molecule has 0 aromatic carbocycles. The van der Waals surface area contributed by atoms with Gasteiger partial charge in [-0.25, -0.2) is 0 Å². The molecule has 0 atom stereocenters. The number of hydrogen-bond acceptors (Lipinski definition) is 0. The SMILES string of the molecule is CCC=CCC=CCC=CCCCCCCCCCCCCCl. The summed E-state index contributed by atoms with van der Waals surface area (Å²) in [6, 6.07) is 0. The molecule has 0 saturated heterocycles. The van der Waals surface area contributed by atoms with Crippen LogP contribution in [0.4, 0.5) is 0 Å². The topological polar surface area (TPSA) is 0 Å². The lowest BCUT2D eigenvalue weighted by Gasteiger charge is -2.01. The Balaban J connectivity index is 3.14. The Kier molecular flexibility index (Phi) is 21.1. The third-order valence-electron chi connectivity index (χ3n) is 4.03. The van der Waals surface area contributed by atoms with E-state index in [1.54, 1.807) is 0 Å². The molecule has 0 rings (SSSR count). The fraction of sp³-hybridized carbons (Fsp3) is 0.727. The molecule has 0 spiro atoms. The fourth-order valence-corrected chi connectivity index (χ4v) is 2.79. The smallest absolute Gasteiger partial charge is 0.0223 e. The number of hydrogen-bond donors (Lipinski definition) is 0. The van der Waals surface area contributed by atoms with Crippen molar-refractivity contribution >= 4 is 11.6 Å². The van der Waals surface area contributed by atoms with Crippen molar-refractivity contribution in [2.75, 3.05) is 5.88 Å². The number of unbranched alkanes of at least 4 members (excludes halogenated alkanes) is 10. The minimum absolute atomic E-state index is 0.834. The Morgan fingerprint density at radius 3 is 1.48 bits per heavy atom. The van der Waals surface area contributed by atoms with Crippen LogP contribution in [-0.2, 0) is 0 Å². The van der Waals surface area contributed by atoms with E-state index < -0.39 is 0 Å². The first-order chi connectivity index (χ1) is 11.4. The van der Waals surface area contributed by atoms with E-state index in [4.69, 9.17) is 11.6 Å². The van der Waals surface area contributed by atoms with E-state index in [0.29, 0.717) is 0 Å². The quantitative estimate of drug-likeness (QED) is 0.142. The van der Waals surface area contributed by atoms with Crippen LogP contribution < -0.4 is 0 Å². The van der Waals surface area contributed by atoms with Gasteiger partial charge in [0.1, 0.15) is 0 Å². The molecule has 0 amide bonds. The first-order valence-electron chi connectivity index (χ1n) is 9.92. The maximum absolute atomic E-state index is 5.67. The van der Waals surface area contributed by atoms with E-state index in [1.165, 1.54) is 70.6 Å². The van der Waals surface area contributed by atoms with Crippen LogP contribution in [-0.4, -0.2) is 5.88 Å². The predicted molar refractivity (Wildman–Crippen MR) is 108 cm³/mol. The van der Waals surface area contributed by atoms with Gasteiger partial charge in [-0.1, -0.05) is 94.7 Å². The van der Waals surface area contributed by atoms with Crippen molar-refractivity contribution < 1.29 is 0 Å². The van der Waals surface area contributed by atoms with Crippen LogP contribution in [0.25, 0.3) is 0 Å². The zero-order valence-electron chi connectivity index (χ0n) is 15.4. The summed E-state index contributed by atoms with van der Waals surface area (Å²) >= 11 is 5.67. The van der Waals surface area contributed by atoms with Crippen molar-refractivity contribution in [1.82, 2.24) is 0 Å². The van der Waals surface area contributed by atoms with Crippen LogP contribution in [0.5, 0.6) is 0 Å². The maximum atomic E-state index is 5.67. The molecule has 134 valence electrons. The van der Waals surface area contributed by atoms with Gasteiger partial charge in [-0.2, -0.15) is 0 Å². The summed E-state index contributed by atoms with van der Waals surface area (Å²) < 4.78 is 0. The average Bonchev–Trinajstić information content (AvgIpc) is 2.57. The highest BCUT2D eigenvalue weighted by molar-refractivity contribution is 6.17. The van der Waals surface area contributed by atoms with Crippen molar-refractivity contribution in [2.24, 2.45) is 0 Å². The highest BCUT2D eigenvalue weighted by Gasteiger charge is 1.92. The van der Waals surface area contributed by atoms with Crippen molar-refractivity contribution in [1.29, 1.82) is 0 Å². The van der Waals surface area contributed by atoms with Crippen molar-refractivity contribution in [2.45, 2.75) is 96.8 Å². The van der Waals surface area contributed by atoms with E-state index in [1.807, 2.05) is 0 Å². The molecule has 0 aliphatic carbocycles. The predicted octanol–water partition coefficient (Wildman–Crippen LogP) is 8.38. The minimum Gasteiger partial charge on any atom is -0.127 e. The van der Waals surface area contributed by atoms with Gasteiger partial charge in [-0.05, 0) is 38.5 Å². The van der Waals surface area contributed by atoms with Crippen LogP contribution in [0.1, 0.15) is 96.8 Å². The van der Waals surface area contributed by atoms with Crippen LogP contribution in [0.2, 0.25) is 0 Å². The normalized spacial score (nSPS) is 12.3. The standard InChI is InChI=1S/C22H39Cl/c1-2-3-4-5-6-7-8-9-10-11-12-13-14-15-16-17-18-19-20-21-22-23/h3-4,6-7,9-10H,2,5,8,11-22H2,1H3. The minimum atomic E-state index is 0.834. The van der Waals surface area contributed by atoms with E-state index in [0.717, 1.165) is 25.1 Å². The summed E-state index contributed by atoms with van der Waals surface area (Å²) in [6.45, 7) is 2.17. The second-order valence-electron chi connectivity index (χ2n) is 6.31. The first-order valence-corrected chi connectivity index (χ1v) is 10.5. The van der Waals surface area contributed by atoms with Crippen LogP contribution in [0.3, 0.4) is 0 Å². The maximum Gasteiger partial charge on any atom is 0.0223 e. The van der Waals surface area contributed by atoms with Gasteiger partial charge >= 0.3 is 0 Å². The van der Waals surface area contributed by atoms with E-state index >= 15 is 0 Å².